The van der Waals surface area contributed by atoms with E-state index in [0.29, 0.717) is 4.65 Å². The van der Waals surface area contributed by atoms with Crippen LogP contribution in [0.5, 0.6) is 5.75 Å². The fourth-order valence-corrected chi connectivity index (χ4v) is 2.02. The number of aromatic nitrogens is 2. The molecule has 1 aromatic heterocycles. The van der Waals surface area contributed by atoms with E-state index in [9.17, 15) is 4.79 Å². The molecule has 0 atom stereocenters. The highest BCUT2D eigenvalue weighted by molar-refractivity contribution is 5.66. The fourth-order valence-electron chi connectivity index (χ4n) is 2.02. The molecule has 0 saturated heterocycles. The third-order valence-corrected chi connectivity index (χ3v) is 2.83. The van der Waals surface area contributed by atoms with Crippen molar-refractivity contribution in [3.8, 4) is 17.0 Å². The average Bonchev–Trinajstić information content (AvgIpc) is 2.31. The number of hydrogen-bond acceptors (Lipinski definition) is 3. The molecule has 1 heterocycles. The third-order valence-electron chi connectivity index (χ3n) is 2.83. The summed E-state index contributed by atoms with van der Waals surface area (Å²) in [5.41, 5.74) is 3.35. The first-order valence-electron chi connectivity index (χ1n) is 6.44. The summed E-state index contributed by atoms with van der Waals surface area (Å²) in [6.07, 6.45) is 1.29. The van der Waals surface area contributed by atoms with Crippen molar-refractivity contribution >= 4 is 0 Å². The van der Waals surface area contributed by atoms with Gasteiger partial charge in [-0.2, -0.15) is 0 Å². The molecule has 0 saturated carbocycles. The molecule has 0 fully saturated rings. The predicted octanol–water partition coefficient (Wildman–Crippen LogP) is 2.05. The van der Waals surface area contributed by atoms with Crippen LogP contribution in [-0.2, 0) is 0 Å². The largest absolute Gasteiger partial charge is 0.319 e. The van der Waals surface area contributed by atoms with Crippen molar-refractivity contribution in [2.24, 2.45) is 0 Å². The van der Waals surface area contributed by atoms with E-state index in [4.69, 9.17) is 4.84 Å². The third kappa shape index (κ3) is 3.24. The van der Waals surface area contributed by atoms with Crippen molar-refractivity contribution in [1.29, 1.82) is 0 Å². The lowest BCUT2D eigenvalue weighted by Gasteiger charge is -2.22. The van der Waals surface area contributed by atoms with Crippen molar-refractivity contribution in [1.82, 2.24) is 9.97 Å². The Bertz CT molecular complexity index is 684. The normalized spacial score (nSPS) is 11.4. The number of nitrogens with one attached hydrogen (secondary N) is 1. The summed E-state index contributed by atoms with van der Waals surface area (Å²) in [6.45, 7) is 3.86. The number of H-pyrrole nitrogens is 1. The number of aromatic amines is 1. The van der Waals surface area contributed by atoms with Crippen LogP contribution in [0.3, 0.4) is 0 Å². The zero-order chi connectivity index (χ0) is 14.9. The monoisotopic (exact) mass is 274 g/mol. The number of benzene rings is 1. The first kappa shape index (κ1) is 14.3. The summed E-state index contributed by atoms with van der Waals surface area (Å²) < 4.78 is 0.390. The maximum atomic E-state index is 11.4. The highest BCUT2D eigenvalue weighted by Gasteiger charge is 2.13. The molecule has 5 heteroatoms. The zero-order valence-electron chi connectivity index (χ0n) is 12.5. The number of rotatable bonds is 3. The minimum atomic E-state index is -0.198. The summed E-state index contributed by atoms with van der Waals surface area (Å²) in [4.78, 5) is 24.2. The van der Waals surface area contributed by atoms with Crippen LogP contribution in [0.2, 0.25) is 0 Å². The van der Waals surface area contributed by atoms with Gasteiger partial charge in [0.15, 0.2) is 5.75 Å². The molecule has 0 bridgehead atoms. The van der Waals surface area contributed by atoms with Gasteiger partial charge in [0.25, 0.3) is 5.56 Å². The summed E-state index contributed by atoms with van der Waals surface area (Å²) >= 11 is 0. The SMILES string of the molecule is Cc1cc(O[N+](C)(C)C)ccc1-c1[nH]c(=O)cnc1C. The molecular formula is C15H20N3O2+. The molecule has 2 rings (SSSR count). The van der Waals surface area contributed by atoms with Gasteiger partial charge in [0.05, 0.1) is 17.6 Å². The van der Waals surface area contributed by atoms with Gasteiger partial charge in [-0.1, -0.05) is 0 Å². The van der Waals surface area contributed by atoms with Crippen molar-refractivity contribution in [3.63, 3.8) is 0 Å². The van der Waals surface area contributed by atoms with Gasteiger partial charge in [0.2, 0.25) is 0 Å². The van der Waals surface area contributed by atoms with Gasteiger partial charge in [-0.15, -0.1) is 4.65 Å². The first-order valence-corrected chi connectivity index (χ1v) is 6.44. The minimum Gasteiger partial charge on any atom is -0.319 e. The Kier molecular flexibility index (Phi) is 3.63. The van der Waals surface area contributed by atoms with Gasteiger partial charge in [-0.25, -0.2) is 0 Å². The lowest BCUT2D eigenvalue weighted by molar-refractivity contribution is -1.03. The quantitative estimate of drug-likeness (QED) is 0.688. The van der Waals surface area contributed by atoms with Crippen LogP contribution in [0, 0.1) is 13.8 Å². The molecular weight excluding hydrogens is 254 g/mol. The van der Waals surface area contributed by atoms with E-state index in [1.54, 1.807) is 0 Å². The second-order valence-electron chi connectivity index (χ2n) is 5.67. The Morgan fingerprint density at radius 3 is 2.50 bits per heavy atom. The molecule has 0 amide bonds. The zero-order valence-corrected chi connectivity index (χ0v) is 12.5. The maximum Gasteiger partial charge on any atom is 0.266 e. The van der Waals surface area contributed by atoms with Crippen LogP contribution in [0.15, 0.2) is 29.2 Å². The van der Waals surface area contributed by atoms with Crippen LogP contribution in [0.4, 0.5) is 0 Å². The summed E-state index contributed by atoms with van der Waals surface area (Å²) in [5.74, 6) is 0.794. The van der Waals surface area contributed by atoms with E-state index in [1.807, 2.05) is 53.2 Å². The Hall–Kier alpha value is -2.14. The predicted molar refractivity (Wildman–Crippen MR) is 78.4 cm³/mol. The van der Waals surface area contributed by atoms with Gasteiger partial charge < -0.3 is 9.82 Å². The van der Waals surface area contributed by atoms with Crippen molar-refractivity contribution in [2.75, 3.05) is 21.1 Å². The molecule has 0 radical (unpaired) electrons. The van der Waals surface area contributed by atoms with E-state index >= 15 is 0 Å². The second-order valence-corrected chi connectivity index (χ2v) is 5.67. The minimum absolute atomic E-state index is 0.198. The second kappa shape index (κ2) is 5.09. The molecule has 0 aliphatic heterocycles. The Morgan fingerprint density at radius 1 is 1.20 bits per heavy atom. The van der Waals surface area contributed by atoms with Crippen LogP contribution in [0.25, 0.3) is 11.3 Å². The Morgan fingerprint density at radius 2 is 1.90 bits per heavy atom. The van der Waals surface area contributed by atoms with Gasteiger partial charge >= 0.3 is 0 Å². The molecule has 0 unspecified atom stereocenters. The van der Waals surface area contributed by atoms with Crippen LogP contribution < -0.4 is 10.4 Å². The number of hydrogen-bond donors (Lipinski definition) is 1. The number of aryl methyl sites for hydroxylation is 2. The molecule has 2 aromatic rings. The topological polar surface area (TPSA) is 55.0 Å². The highest BCUT2D eigenvalue weighted by Crippen LogP contribution is 2.27. The van der Waals surface area contributed by atoms with Crippen molar-refractivity contribution in [3.05, 3.63) is 46.0 Å². The highest BCUT2D eigenvalue weighted by atomic mass is 16.7. The van der Waals surface area contributed by atoms with Crippen LogP contribution in [-0.4, -0.2) is 35.8 Å². The first-order chi connectivity index (χ1) is 9.26. The lowest BCUT2D eigenvalue weighted by atomic mass is 10.0. The number of hydroxylamine groups is 3. The van der Waals surface area contributed by atoms with E-state index in [1.165, 1.54) is 6.20 Å². The number of nitrogens with zero attached hydrogens (tertiary/aromatic N) is 2. The smallest absolute Gasteiger partial charge is 0.266 e. The molecule has 5 nitrogen and oxygen atoms in total. The Balaban J connectivity index is 2.44. The molecule has 1 aromatic carbocycles. The maximum absolute atomic E-state index is 11.4. The van der Waals surface area contributed by atoms with Crippen molar-refractivity contribution in [2.45, 2.75) is 13.8 Å². The van der Waals surface area contributed by atoms with E-state index in [0.717, 1.165) is 28.3 Å². The van der Waals surface area contributed by atoms with Gasteiger partial charge in [0, 0.05) is 5.56 Å². The average molecular weight is 274 g/mol. The standard InChI is InChI=1S/C15H19N3O2/c1-10-8-12(20-18(3,4)5)6-7-13(10)15-11(2)16-9-14(19)17-15/h6-9H,1-5H3/p+1. The van der Waals surface area contributed by atoms with Crippen LogP contribution in [0.1, 0.15) is 11.3 Å². The Labute approximate surface area is 118 Å². The number of quaternary nitrogens is 1. The van der Waals surface area contributed by atoms with Gasteiger partial charge in [-0.3, -0.25) is 9.78 Å². The van der Waals surface area contributed by atoms with E-state index in [-0.39, 0.29) is 5.56 Å². The van der Waals surface area contributed by atoms with Gasteiger partial charge in [0.1, 0.15) is 21.1 Å². The molecule has 0 aliphatic rings. The van der Waals surface area contributed by atoms with Crippen molar-refractivity contribution < 1.29 is 9.48 Å². The molecule has 1 N–H and O–H groups in total. The molecule has 0 spiro atoms. The lowest BCUT2D eigenvalue weighted by Crippen LogP contribution is -2.38. The molecule has 106 valence electrons. The van der Waals surface area contributed by atoms with Gasteiger partial charge in [-0.05, 0) is 37.6 Å². The summed E-state index contributed by atoms with van der Waals surface area (Å²) in [5, 5.41) is 0. The summed E-state index contributed by atoms with van der Waals surface area (Å²) in [6, 6.07) is 5.81. The van der Waals surface area contributed by atoms with Crippen LogP contribution >= 0.6 is 0 Å². The fraction of sp³-hybridized carbons (Fsp3) is 0.333. The van der Waals surface area contributed by atoms with E-state index in [2.05, 4.69) is 9.97 Å². The molecule has 20 heavy (non-hydrogen) atoms. The molecule has 0 aliphatic carbocycles. The summed E-state index contributed by atoms with van der Waals surface area (Å²) in [7, 11) is 5.85. The van der Waals surface area contributed by atoms with E-state index < -0.39 is 0 Å².